The Balaban J connectivity index is 1.67. The number of amides is 1. The van der Waals surface area contributed by atoms with Crippen LogP contribution in [-0.2, 0) is 24.3 Å². The van der Waals surface area contributed by atoms with Gasteiger partial charge in [0, 0.05) is 24.9 Å². The third-order valence-electron chi connectivity index (χ3n) is 5.22. The van der Waals surface area contributed by atoms with Gasteiger partial charge in [-0.2, -0.15) is 0 Å². The van der Waals surface area contributed by atoms with Gasteiger partial charge in [0.05, 0.1) is 5.52 Å². The van der Waals surface area contributed by atoms with Gasteiger partial charge in [-0.3, -0.25) is 9.59 Å². The molecular formula is C22H22N4O3. The number of hydrogen-bond donors (Lipinski definition) is 2. The first-order valence-corrected chi connectivity index (χ1v) is 9.54. The highest BCUT2D eigenvalue weighted by molar-refractivity contribution is 6.05. The summed E-state index contributed by atoms with van der Waals surface area (Å²) in [7, 11) is 0. The summed E-state index contributed by atoms with van der Waals surface area (Å²) in [6.07, 6.45) is 0.684. The molecule has 2 aromatic carbocycles. The lowest BCUT2D eigenvalue weighted by atomic mass is 9.96. The third kappa shape index (κ3) is 3.89. The average Bonchev–Trinajstić information content (AvgIpc) is 3.10. The second kappa shape index (κ2) is 7.50. The summed E-state index contributed by atoms with van der Waals surface area (Å²) >= 11 is 0. The van der Waals surface area contributed by atoms with Crippen LogP contribution in [0.2, 0.25) is 0 Å². The quantitative estimate of drug-likeness (QED) is 0.693. The van der Waals surface area contributed by atoms with Crippen molar-refractivity contribution in [3.05, 3.63) is 64.8 Å². The van der Waals surface area contributed by atoms with E-state index in [1.54, 1.807) is 4.90 Å². The van der Waals surface area contributed by atoms with Gasteiger partial charge < -0.3 is 15.7 Å². The van der Waals surface area contributed by atoms with Gasteiger partial charge >= 0.3 is 5.97 Å². The lowest BCUT2D eigenvalue weighted by molar-refractivity contribution is -0.137. The molecule has 1 unspecified atom stereocenters. The zero-order chi connectivity index (χ0) is 20.5. The van der Waals surface area contributed by atoms with Crippen molar-refractivity contribution in [2.45, 2.75) is 32.9 Å². The highest BCUT2D eigenvalue weighted by atomic mass is 16.4. The first-order valence-electron chi connectivity index (χ1n) is 9.54. The largest absolute Gasteiger partial charge is 0.481 e. The predicted octanol–water partition coefficient (Wildman–Crippen LogP) is 3.02. The van der Waals surface area contributed by atoms with E-state index in [0.29, 0.717) is 30.4 Å². The van der Waals surface area contributed by atoms with Gasteiger partial charge in [0.1, 0.15) is 5.69 Å². The molecule has 0 radical (unpaired) electrons. The van der Waals surface area contributed by atoms with E-state index in [9.17, 15) is 9.59 Å². The van der Waals surface area contributed by atoms with Gasteiger partial charge in [-0.1, -0.05) is 37.3 Å². The smallest absolute Gasteiger partial charge is 0.303 e. The third-order valence-corrected chi connectivity index (χ3v) is 5.22. The molecule has 1 amide bonds. The number of nitrogens with zero attached hydrogens (tertiary/aromatic N) is 3. The molecule has 1 atom stereocenters. The molecule has 1 aliphatic rings. The molecule has 0 bridgehead atoms. The van der Waals surface area contributed by atoms with Gasteiger partial charge in [-0.15, -0.1) is 0 Å². The van der Waals surface area contributed by atoms with Crippen LogP contribution >= 0.6 is 0 Å². The Morgan fingerprint density at radius 2 is 1.83 bits per heavy atom. The standard InChI is InChI=1S/C22H22N4O3/c1-13(9-19(27)28)8-14-6-7-18-17(10-14)20(25-22(23)24-18)21(29)26-11-15-4-2-3-5-16(15)12-26/h2-7,10,13H,8-9,11-12H2,1H3,(H,27,28)(H2,23,24,25). The molecule has 7 nitrogen and oxygen atoms in total. The molecule has 0 saturated carbocycles. The Hall–Kier alpha value is -3.48. The van der Waals surface area contributed by atoms with Crippen LogP contribution in [-0.4, -0.2) is 31.9 Å². The van der Waals surface area contributed by atoms with Crippen LogP contribution in [0.1, 0.15) is 40.5 Å². The van der Waals surface area contributed by atoms with Crippen LogP contribution in [0.5, 0.6) is 0 Å². The first-order chi connectivity index (χ1) is 13.9. The monoisotopic (exact) mass is 390 g/mol. The van der Waals surface area contributed by atoms with Crippen molar-refractivity contribution in [2.75, 3.05) is 5.73 Å². The fourth-order valence-electron chi connectivity index (χ4n) is 3.88. The van der Waals surface area contributed by atoms with Crippen LogP contribution in [0.15, 0.2) is 42.5 Å². The first kappa shape index (κ1) is 18.9. The SMILES string of the molecule is CC(CC(=O)O)Cc1ccc2nc(N)nc(C(=O)N3Cc4ccccc4C3)c2c1. The lowest BCUT2D eigenvalue weighted by Gasteiger charge is -2.17. The van der Waals surface area contributed by atoms with Crippen LogP contribution in [0.3, 0.4) is 0 Å². The number of rotatable bonds is 5. The fraction of sp³-hybridized carbons (Fsp3) is 0.273. The van der Waals surface area contributed by atoms with E-state index in [4.69, 9.17) is 10.8 Å². The van der Waals surface area contributed by atoms with Crippen LogP contribution in [0, 0.1) is 5.92 Å². The summed E-state index contributed by atoms with van der Waals surface area (Å²) in [5.41, 5.74) is 9.96. The molecule has 1 aromatic heterocycles. The Kier molecular flexibility index (Phi) is 4.88. The van der Waals surface area contributed by atoms with Crippen LogP contribution < -0.4 is 5.73 Å². The molecule has 7 heteroatoms. The number of aliphatic carboxylic acids is 1. The Bertz CT molecular complexity index is 1090. The van der Waals surface area contributed by atoms with E-state index in [1.807, 2.05) is 49.4 Å². The molecule has 3 aromatic rings. The van der Waals surface area contributed by atoms with Crippen molar-refractivity contribution in [1.82, 2.24) is 14.9 Å². The number of carboxylic acid groups (broad SMARTS) is 1. The van der Waals surface area contributed by atoms with Gasteiger partial charge in [0.25, 0.3) is 5.91 Å². The average molecular weight is 390 g/mol. The van der Waals surface area contributed by atoms with Gasteiger partial charge in [-0.25, -0.2) is 9.97 Å². The minimum atomic E-state index is -0.820. The summed E-state index contributed by atoms with van der Waals surface area (Å²) < 4.78 is 0. The van der Waals surface area contributed by atoms with E-state index in [1.165, 1.54) is 0 Å². The highest BCUT2D eigenvalue weighted by Crippen LogP contribution is 2.27. The minimum absolute atomic E-state index is 0.0214. The van der Waals surface area contributed by atoms with Crippen molar-refractivity contribution in [1.29, 1.82) is 0 Å². The van der Waals surface area contributed by atoms with Gasteiger partial charge in [0.2, 0.25) is 5.95 Å². The molecule has 0 saturated heterocycles. The van der Waals surface area contributed by atoms with Gasteiger partial charge in [-0.05, 0) is 41.2 Å². The number of fused-ring (bicyclic) bond motifs is 2. The Morgan fingerprint density at radius 1 is 1.14 bits per heavy atom. The number of carbonyl (C=O) groups is 2. The van der Waals surface area contributed by atoms with Crippen molar-refractivity contribution in [3.8, 4) is 0 Å². The van der Waals surface area contributed by atoms with E-state index >= 15 is 0 Å². The molecular weight excluding hydrogens is 368 g/mol. The zero-order valence-corrected chi connectivity index (χ0v) is 16.1. The van der Waals surface area contributed by atoms with Crippen molar-refractivity contribution >= 4 is 28.7 Å². The maximum absolute atomic E-state index is 13.3. The Labute approximate surface area is 168 Å². The number of benzene rings is 2. The number of carbonyl (C=O) groups excluding carboxylic acids is 1. The zero-order valence-electron chi connectivity index (χ0n) is 16.1. The van der Waals surface area contributed by atoms with E-state index in [0.717, 1.165) is 16.7 Å². The second-order valence-electron chi connectivity index (χ2n) is 7.62. The second-order valence-corrected chi connectivity index (χ2v) is 7.62. The lowest BCUT2D eigenvalue weighted by Crippen LogP contribution is -2.27. The molecule has 4 rings (SSSR count). The Morgan fingerprint density at radius 3 is 2.48 bits per heavy atom. The maximum Gasteiger partial charge on any atom is 0.303 e. The number of aromatic nitrogens is 2. The molecule has 0 aliphatic carbocycles. The topological polar surface area (TPSA) is 109 Å². The molecule has 3 N–H and O–H groups in total. The fourth-order valence-corrected chi connectivity index (χ4v) is 3.88. The van der Waals surface area contributed by atoms with Crippen molar-refractivity contribution in [3.63, 3.8) is 0 Å². The summed E-state index contributed by atoms with van der Waals surface area (Å²) in [5, 5.41) is 9.63. The number of nitrogen functional groups attached to an aromatic ring is 1. The molecule has 0 spiro atoms. The minimum Gasteiger partial charge on any atom is -0.481 e. The van der Waals surface area contributed by atoms with Crippen molar-refractivity contribution < 1.29 is 14.7 Å². The molecule has 29 heavy (non-hydrogen) atoms. The maximum atomic E-state index is 13.3. The molecule has 0 fully saturated rings. The van der Waals surface area contributed by atoms with Crippen LogP contribution in [0.25, 0.3) is 10.9 Å². The van der Waals surface area contributed by atoms with E-state index in [2.05, 4.69) is 9.97 Å². The van der Waals surface area contributed by atoms with E-state index < -0.39 is 5.97 Å². The summed E-state index contributed by atoms with van der Waals surface area (Å²) in [4.78, 5) is 34.5. The number of hydrogen-bond acceptors (Lipinski definition) is 5. The predicted molar refractivity (Wildman–Crippen MR) is 109 cm³/mol. The number of carboxylic acids is 1. The molecule has 1 aliphatic heterocycles. The van der Waals surface area contributed by atoms with Crippen molar-refractivity contribution in [2.24, 2.45) is 5.92 Å². The summed E-state index contributed by atoms with van der Waals surface area (Å²) in [6.45, 7) is 2.97. The van der Waals surface area contributed by atoms with E-state index in [-0.39, 0.29) is 29.9 Å². The number of nitrogens with two attached hydrogens (primary N) is 1. The molecule has 148 valence electrons. The molecule has 2 heterocycles. The normalized spacial score (nSPS) is 14.0. The highest BCUT2D eigenvalue weighted by Gasteiger charge is 2.26. The van der Waals surface area contributed by atoms with Crippen LogP contribution in [0.4, 0.5) is 5.95 Å². The number of anilines is 1. The van der Waals surface area contributed by atoms with Gasteiger partial charge in [0.15, 0.2) is 0 Å². The summed E-state index contributed by atoms with van der Waals surface area (Å²) in [5.74, 6) is -0.966. The summed E-state index contributed by atoms with van der Waals surface area (Å²) in [6, 6.07) is 13.6.